The number of rotatable bonds is 3. The molecule has 2 heterocycles. The Bertz CT molecular complexity index is 602. The third-order valence-electron chi connectivity index (χ3n) is 4.90. The Labute approximate surface area is 137 Å². The van der Waals surface area contributed by atoms with Gasteiger partial charge in [-0.2, -0.15) is 0 Å². The second-order valence-corrected chi connectivity index (χ2v) is 6.45. The van der Waals surface area contributed by atoms with Crippen LogP contribution in [0.2, 0.25) is 0 Å². The van der Waals surface area contributed by atoms with Crippen LogP contribution in [0.15, 0.2) is 24.3 Å². The van der Waals surface area contributed by atoms with E-state index in [0.29, 0.717) is 0 Å². The molecule has 1 aromatic rings. The predicted octanol–water partition coefficient (Wildman–Crippen LogP) is 1.99. The molecular weight excluding hydrogens is 292 g/mol. The van der Waals surface area contributed by atoms with E-state index in [1.54, 1.807) is 0 Å². The van der Waals surface area contributed by atoms with Gasteiger partial charge >= 0.3 is 5.97 Å². The lowest BCUT2D eigenvalue weighted by molar-refractivity contribution is -0.148. The van der Waals surface area contributed by atoms with Crippen molar-refractivity contribution in [2.45, 2.75) is 44.7 Å². The maximum atomic E-state index is 12.9. The van der Waals surface area contributed by atoms with Crippen molar-refractivity contribution in [3.8, 4) is 0 Å². The minimum atomic E-state index is -0.286. The molecule has 2 atom stereocenters. The van der Waals surface area contributed by atoms with Crippen molar-refractivity contribution in [2.24, 2.45) is 0 Å². The number of fused-ring (bicyclic) bond motifs is 1. The summed E-state index contributed by atoms with van der Waals surface area (Å²) in [6, 6.07) is 7.95. The molecule has 1 saturated heterocycles. The Balaban J connectivity index is 1.74. The highest BCUT2D eigenvalue weighted by Crippen LogP contribution is 2.32. The zero-order valence-electron chi connectivity index (χ0n) is 13.8. The fourth-order valence-corrected chi connectivity index (χ4v) is 3.78. The second-order valence-electron chi connectivity index (χ2n) is 6.45. The number of hydrogen-bond donors (Lipinski definition) is 0. The largest absolute Gasteiger partial charge is 0.468 e. The van der Waals surface area contributed by atoms with E-state index in [-0.39, 0.29) is 30.5 Å². The van der Waals surface area contributed by atoms with Crippen molar-refractivity contribution in [1.82, 2.24) is 4.90 Å². The first-order valence-corrected chi connectivity index (χ1v) is 8.33. The van der Waals surface area contributed by atoms with E-state index in [0.717, 1.165) is 37.9 Å². The van der Waals surface area contributed by atoms with Gasteiger partial charge in [0.25, 0.3) is 0 Å². The van der Waals surface area contributed by atoms with Crippen LogP contribution in [0.4, 0.5) is 5.69 Å². The number of carbonyl (C=O) groups is 2. The number of nitrogens with zero attached hydrogens (tertiary/aromatic N) is 2. The molecule has 0 N–H and O–H groups in total. The first-order chi connectivity index (χ1) is 11.1. The van der Waals surface area contributed by atoms with Crippen molar-refractivity contribution in [1.29, 1.82) is 0 Å². The monoisotopic (exact) mass is 316 g/mol. The number of likely N-dealkylation sites (tertiary alicyclic amines) is 1. The van der Waals surface area contributed by atoms with Gasteiger partial charge in [0.05, 0.1) is 13.7 Å². The standard InChI is InChI=1S/C18H24N2O3/c1-13-11-14-7-3-4-8-15(14)20(13)17(21)12-19-10-6-5-9-16(19)18(22)23-2/h3-4,7-8,13,16H,5-6,9-12H2,1-2H3. The van der Waals surface area contributed by atoms with E-state index in [2.05, 4.69) is 13.0 Å². The molecule has 2 unspecified atom stereocenters. The van der Waals surface area contributed by atoms with Crippen LogP contribution in [0.3, 0.4) is 0 Å². The lowest BCUT2D eigenvalue weighted by atomic mass is 10.0. The summed E-state index contributed by atoms with van der Waals surface area (Å²) < 4.78 is 4.90. The topological polar surface area (TPSA) is 49.9 Å². The maximum Gasteiger partial charge on any atom is 0.323 e. The number of esters is 1. The molecule has 0 bridgehead atoms. The number of hydrogen-bond acceptors (Lipinski definition) is 4. The van der Waals surface area contributed by atoms with Gasteiger partial charge in [-0.05, 0) is 44.4 Å². The quantitative estimate of drug-likeness (QED) is 0.800. The lowest BCUT2D eigenvalue weighted by Crippen LogP contribution is -2.51. The van der Waals surface area contributed by atoms with Crippen LogP contribution in [0.5, 0.6) is 0 Å². The van der Waals surface area contributed by atoms with Crippen LogP contribution in [-0.2, 0) is 20.7 Å². The molecule has 3 rings (SSSR count). The Morgan fingerprint density at radius 1 is 1.26 bits per heavy atom. The minimum absolute atomic E-state index is 0.0678. The average molecular weight is 316 g/mol. The smallest absolute Gasteiger partial charge is 0.323 e. The fourth-order valence-electron chi connectivity index (χ4n) is 3.78. The molecule has 0 radical (unpaired) electrons. The number of methoxy groups -OCH3 is 1. The van der Waals surface area contributed by atoms with E-state index < -0.39 is 0 Å². The van der Waals surface area contributed by atoms with Crippen LogP contribution in [0, 0.1) is 0 Å². The van der Waals surface area contributed by atoms with Gasteiger partial charge in [-0.25, -0.2) is 0 Å². The van der Waals surface area contributed by atoms with Crippen molar-refractivity contribution in [2.75, 3.05) is 25.1 Å². The zero-order valence-corrected chi connectivity index (χ0v) is 13.8. The Morgan fingerprint density at radius 3 is 2.83 bits per heavy atom. The van der Waals surface area contributed by atoms with Crippen molar-refractivity contribution in [3.63, 3.8) is 0 Å². The molecule has 5 heteroatoms. The Morgan fingerprint density at radius 2 is 2.04 bits per heavy atom. The summed E-state index contributed by atoms with van der Waals surface area (Å²) in [6.45, 7) is 3.12. The van der Waals surface area contributed by atoms with Crippen LogP contribution in [0.1, 0.15) is 31.7 Å². The summed E-state index contributed by atoms with van der Waals surface area (Å²) in [6.07, 6.45) is 3.69. The van der Waals surface area contributed by atoms with E-state index in [1.165, 1.54) is 12.7 Å². The summed E-state index contributed by atoms with van der Waals surface area (Å²) >= 11 is 0. The van der Waals surface area contributed by atoms with Crippen LogP contribution >= 0.6 is 0 Å². The zero-order chi connectivity index (χ0) is 16.4. The molecule has 5 nitrogen and oxygen atoms in total. The summed E-state index contributed by atoms with van der Waals surface area (Å²) in [7, 11) is 1.41. The van der Waals surface area contributed by atoms with Gasteiger partial charge in [-0.15, -0.1) is 0 Å². The fraction of sp³-hybridized carbons (Fsp3) is 0.556. The summed E-state index contributed by atoms with van der Waals surface area (Å²) in [5.74, 6) is -0.161. The molecule has 23 heavy (non-hydrogen) atoms. The number of benzene rings is 1. The van der Waals surface area contributed by atoms with Gasteiger partial charge < -0.3 is 9.64 Å². The number of piperidine rings is 1. The SMILES string of the molecule is COC(=O)C1CCCCN1CC(=O)N1c2ccccc2CC1C. The second kappa shape index (κ2) is 6.71. The number of amides is 1. The molecular formula is C18H24N2O3. The first kappa shape index (κ1) is 16.0. The van der Waals surface area contributed by atoms with Gasteiger partial charge in [0.1, 0.15) is 6.04 Å². The van der Waals surface area contributed by atoms with E-state index in [4.69, 9.17) is 4.74 Å². The van der Waals surface area contributed by atoms with Crippen LogP contribution in [-0.4, -0.2) is 49.1 Å². The molecule has 1 fully saturated rings. The van der Waals surface area contributed by atoms with Crippen molar-refractivity contribution < 1.29 is 14.3 Å². The normalized spacial score (nSPS) is 24.3. The molecule has 0 spiro atoms. The highest BCUT2D eigenvalue weighted by Gasteiger charge is 2.35. The number of carbonyl (C=O) groups excluding carboxylic acids is 2. The molecule has 124 valence electrons. The van der Waals surface area contributed by atoms with Gasteiger partial charge in [0.15, 0.2) is 0 Å². The third-order valence-corrected chi connectivity index (χ3v) is 4.90. The van der Waals surface area contributed by atoms with E-state index in [9.17, 15) is 9.59 Å². The van der Waals surface area contributed by atoms with Gasteiger partial charge in [-0.1, -0.05) is 24.6 Å². The van der Waals surface area contributed by atoms with Crippen molar-refractivity contribution >= 4 is 17.6 Å². The molecule has 0 aromatic heterocycles. The van der Waals surface area contributed by atoms with E-state index >= 15 is 0 Å². The summed E-state index contributed by atoms with van der Waals surface area (Å²) in [5, 5.41) is 0. The summed E-state index contributed by atoms with van der Waals surface area (Å²) in [4.78, 5) is 28.7. The average Bonchev–Trinajstić information content (AvgIpc) is 2.90. The third kappa shape index (κ3) is 3.11. The number of para-hydroxylation sites is 1. The minimum Gasteiger partial charge on any atom is -0.468 e. The number of anilines is 1. The van der Waals surface area contributed by atoms with Crippen LogP contribution < -0.4 is 4.90 Å². The highest BCUT2D eigenvalue weighted by atomic mass is 16.5. The van der Waals surface area contributed by atoms with Crippen molar-refractivity contribution in [3.05, 3.63) is 29.8 Å². The molecule has 0 aliphatic carbocycles. The Hall–Kier alpha value is -1.88. The molecule has 2 aliphatic rings. The van der Waals surface area contributed by atoms with Gasteiger partial charge in [0.2, 0.25) is 5.91 Å². The maximum absolute atomic E-state index is 12.9. The molecule has 2 aliphatic heterocycles. The molecule has 1 amide bonds. The highest BCUT2D eigenvalue weighted by molar-refractivity contribution is 5.97. The molecule has 1 aromatic carbocycles. The molecule has 0 saturated carbocycles. The number of ether oxygens (including phenoxy) is 1. The summed E-state index contributed by atoms with van der Waals surface area (Å²) in [5.41, 5.74) is 2.23. The Kier molecular flexibility index (Phi) is 4.66. The van der Waals surface area contributed by atoms with Gasteiger partial charge in [0, 0.05) is 11.7 Å². The lowest BCUT2D eigenvalue weighted by Gasteiger charge is -2.34. The van der Waals surface area contributed by atoms with Gasteiger partial charge in [-0.3, -0.25) is 14.5 Å². The first-order valence-electron chi connectivity index (χ1n) is 8.33. The predicted molar refractivity (Wildman–Crippen MR) is 88.3 cm³/mol. The van der Waals surface area contributed by atoms with E-state index in [1.807, 2.05) is 28.0 Å². The van der Waals surface area contributed by atoms with Crippen LogP contribution in [0.25, 0.3) is 0 Å².